The van der Waals surface area contributed by atoms with Crippen LogP contribution in [0.25, 0.3) is 0 Å². The van der Waals surface area contributed by atoms with Gasteiger partial charge in [-0.2, -0.15) is 13.9 Å². The van der Waals surface area contributed by atoms with Gasteiger partial charge in [-0.1, -0.05) is 0 Å². The summed E-state index contributed by atoms with van der Waals surface area (Å²) in [5.41, 5.74) is 6.24. The van der Waals surface area contributed by atoms with Gasteiger partial charge in [0, 0.05) is 0 Å². The summed E-state index contributed by atoms with van der Waals surface area (Å²) in [5, 5.41) is 6.72. The van der Waals surface area contributed by atoms with Crippen molar-refractivity contribution in [3.8, 4) is 0 Å². The van der Waals surface area contributed by atoms with Crippen LogP contribution in [0.2, 0.25) is 0 Å². The molecule has 1 heterocycles. The molecule has 0 radical (unpaired) electrons. The Morgan fingerprint density at radius 2 is 2.25 bits per heavy atom. The summed E-state index contributed by atoms with van der Waals surface area (Å²) in [6.07, 6.45) is 0. The molecule has 0 aromatic heterocycles. The average molecular weight is 196 g/mol. The maximum Gasteiger partial charge on any atom is 0.442 e. The van der Waals surface area contributed by atoms with E-state index < -0.39 is 22.4 Å². The number of guanidine groups is 1. The zero-order valence-electron chi connectivity index (χ0n) is 5.47. The van der Waals surface area contributed by atoms with Crippen LogP contribution in [-0.2, 0) is 19.0 Å². The highest BCUT2D eigenvalue weighted by Crippen LogP contribution is 2.05. The van der Waals surface area contributed by atoms with E-state index in [1.807, 2.05) is 0 Å². The summed E-state index contributed by atoms with van der Waals surface area (Å²) < 4.78 is 28.5. The van der Waals surface area contributed by atoms with Crippen molar-refractivity contribution in [3.63, 3.8) is 0 Å². The third-order valence-electron chi connectivity index (χ3n) is 0.800. The number of amides is 2. The Morgan fingerprint density at radius 3 is 2.67 bits per heavy atom. The van der Waals surface area contributed by atoms with Gasteiger partial charge in [0.05, 0.1) is 0 Å². The van der Waals surface area contributed by atoms with Gasteiger partial charge >= 0.3 is 16.4 Å². The summed E-state index contributed by atoms with van der Waals surface area (Å²) in [5.74, 6) is -0.876. The summed E-state index contributed by atoms with van der Waals surface area (Å²) >= 11 is 0. The number of nitrogens with zero attached hydrogens (tertiary/aromatic N) is 1. The van der Waals surface area contributed by atoms with Gasteiger partial charge in [-0.05, 0) is 0 Å². The van der Waals surface area contributed by atoms with E-state index in [0.29, 0.717) is 0 Å². The fourth-order valence-electron chi connectivity index (χ4n) is 0.418. The molecule has 1 fully saturated rings. The van der Waals surface area contributed by atoms with Gasteiger partial charge < -0.3 is 5.73 Å². The molecule has 0 spiro atoms. The Labute approximate surface area is 66.8 Å². The molecule has 1 saturated heterocycles. The molecule has 1 aliphatic rings. The molecule has 0 aromatic carbocycles. The van der Waals surface area contributed by atoms with Crippen LogP contribution in [0.3, 0.4) is 0 Å². The van der Waals surface area contributed by atoms with E-state index in [2.05, 4.69) is 8.57 Å². The molecule has 0 unspecified atom stereocenters. The van der Waals surface area contributed by atoms with Gasteiger partial charge in [-0.3, -0.25) is 5.41 Å². The van der Waals surface area contributed by atoms with Gasteiger partial charge in [0.25, 0.3) is 0 Å². The Balaban J connectivity index is 2.87. The lowest BCUT2D eigenvalue weighted by atomic mass is 10.9. The number of nitrogens with one attached hydrogen (secondary N) is 2. The summed E-state index contributed by atoms with van der Waals surface area (Å²) in [6.45, 7) is 0. The second-order valence-electron chi connectivity index (χ2n) is 1.65. The van der Waals surface area contributed by atoms with Crippen molar-refractivity contribution in [3.05, 3.63) is 0 Å². The lowest BCUT2D eigenvalue weighted by Gasteiger charge is -2.22. The van der Waals surface area contributed by atoms with E-state index in [-0.39, 0.29) is 5.06 Å². The van der Waals surface area contributed by atoms with Crippen molar-refractivity contribution in [2.45, 2.75) is 0 Å². The molecule has 0 aromatic rings. The van der Waals surface area contributed by atoms with Crippen LogP contribution >= 0.6 is 0 Å². The van der Waals surface area contributed by atoms with Crippen molar-refractivity contribution in [2.75, 3.05) is 0 Å². The second-order valence-corrected chi connectivity index (χ2v) is 2.79. The first-order valence-electron chi connectivity index (χ1n) is 2.49. The number of carbonyl (C=O) groups is 1. The Hall–Kier alpha value is -1.39. The van der Waals surface area contributed by atoms with E-state index in [1.54, 1.807) is 0 Å². The normalized spacial score (nSPS) is 21.7. The fourth-order valence-corrected chi connectivity index (χ4v) is 0.952. The standard InChI is InChI=1S/C2H4N4O5S/c3-1(4)6-2(7)5-10-12(8,9)11-6/h(H3,3,4)(H,5,7). The van der Waals surface area contributed by atoms with Crippen LogP contribution < -0.4 is 11.2 Å². The summed E-state index contributed by atoms with van der Waals surface area (Å²) in [6, 6.07) is -1.10. The van der Waals surface area contributed by atoms with Gasteiger partial charge in [0.2, 0.25) is 5.96 Å². The topological polar surface area (TPSA) is 135 Å². The highest BCUT2D eigenvalue weighted by Gasteiger charge is 2.33. The van der Waals surface area contributed by atoms with Crippen LogP contribution in [0.1, 0.15) is 0 Å². The molecule has 0 bridgehead atoms. The predicted octanol–water partition coefficient (Wildman–Crippen LogP) is -1.99. The first-order chi connectivity index (χ1) is 5.42. The van der Waals surface area contributed by atoms with Crippen molar-refractivity contribution in [1.29, 1.82) is 5.41 Å². The van der Waals surface area contributed by atoms with E-state index in [4.69, 9.17) is 11.1 Å². The molecule has 0 aliphatic carbocycles. The van der Waals surface area contributed by atoms with Gasteiger partial charge in [-0.25, -0.2) is 4.79 Å². The number of nitrogens with two attached hydrogens (primary N) is 1. The van der Waals surface area contributed by atoms with Crippen LogP contribution in [0.15, 0.2) is 0 Å². The van der Waals surface area contributed by atoms with Crippen molar-refractivity contribution in [1.82, 2.24) is 10.5 Å². The number of hydrogen-bond donors (Lipinski definition) is 3. The number of rotatable bonds is 0. The summed E-state index contributed by atoms with van der Waals surface area (Å²) in [4.78, 5) is 10.6. The molecular formula is C2H4N4O5S. The second kappa shape index (κ2) is 2.58. The fraction of sp³-hybridized carbons (Fsp3) is 0. The van der Waals surface area contributed by atoms with Crippen molar-refractivity contribution >= 4 is 22.4 Å². The maximum atomic E-state index is 10.6. The third kappa shape index (κ3) is 1.61. The maximum absolute atomic E-state index is 10.6. The monoisotopic (exact) mass is 196 g/mol. The Morgan fingerprint density at radius 1 is 1.67 bits per heavy atom. The minimum Gasteiger partial charge on any atom is -0.368 e. The zero-order chi connectivity index (χ0) is 9.35. The molecule has 10 heteroatoms. The molecule has 1 rings (SSSR count). The zero-order valence-corrected chi connectivity index (χ0v) is 6.29. The lowest BCUT2D eigenvalue weighted by Crippen LogP contribution is -2.52. The predicted molar refractivity (Wildman–Crippen MR) is 33.4 cm³/mol. The Kier molecular flexibility index (Phi) is 1.87. The number of hydroxylamine groups is 3. The molecule has 0 saturated carbocycles. The minimum atomic E-state index is -4.34. The lowest BCUT2D eigenvalue weighted by molar-refractivity contribution is -0.0137. The largest absolute Gasteiger partial charge is 0.442 e. The van der Waals surface area contributed by atoms with E-state index in [9.17, 15) is 13.2 Å². The molecule has 9 nitrogen and oxygen atoms in total. The molecule has 2 amide bonds. The van der Waals surface area contributed by atoms with Crippen LogP contribution in [0.5, 0.6) is 0 Å². The van der Waals surface area contributed by atoms with Crippen LogP contribution in [0, 0.1) is 5.41 Å². The van der Waals surface area contributed by atoms with Gasteiger partial charge in [0.15, 0.2) is 0 Å². The SMILES string of the molecule is N=C(N)N1OS(=O)(=O)ONC1=O. The smallest absolute Gasteiger partial charge is 0.368 e. The van der Waals surface area contributed by atoms with Crippen LogP contribution in [0.4, 0.5) is 4.79 Å². The van der Waals surface area contributed by atoms with E-state index >= 15 is 0 Å². The van der Waals surface area contributed by atoms with Crippen molar-refractivity contribution < 1.29 is 21.8 Å². The Bertz CT molecular complexity index is 320. The molecule has 68 valence electrons. The molecule has 4 N–H and O–H groups in total. The van der Waals surface area contributed by atoms with Crippen molar-refractivity contribution in [2.24, 2.45) is 5.73 Å². The molecular weight excluding hydrogens is 192 g/mol. The highest BCUT2D eigenvalue weighted by molar-refractivity contribution is 7.81. The minimum absolute atomic E-state index is 0.0266. The van der Waals surface area contributed by atoms with E-state index in [1.165, 1.54) is 5.48 Å². The number of carbonyl (C=O) groups excluding carboxylic acids is 1. The first-order valence-corrected chi connectivity index (χ1v) is 3.83. The number of urea groups is 1. The third-order valence-corrected chi connectivity index (χ3v) is 1.42. The van der Waals surface area contributed by atoms with E-state index in [0.717, 1.165) is 0 Å². The quantitative estimate of drug-likeness (QED) is 0.303. The van der Waals surface area contributed by atoms with Gasteiger partial charge in [0.1, 0.15) is 0 Å². The van der Waals surface area contributed by atoms with Gasteiger partial charge in [-0.15, -0.1) is 13.6 Å². The van der Waals surface area contributed by atoms with Crippen LogP contribution in [-0.4, -0.2) is 25.5 Å². The first kappa shape index (κ1) is 8.70. The molecule has 0 atom stereocenters. The highest BCUT2D eigenvalue weighted by atomic mass is 32.3. The number of hydrogen-bond acceptors (Lipinski definition) is 6. The average Bonchev–Trinajstić information content (AvgIpc) is 1.94. The molecule has 12 heavy (non-hydrogen) atoms. The molecule has 1 aliphatic heterocycles. The summed E-state index contributed by atoms with van der Waals surface area (Å²) in [7, 11) is -4.34.